The number of carbonyl (C=O) groups excluding carboxylic acids is 1. The summed E-state index contributed by atoms with van der Waals surface area (Å²) in [6.07, 6.45) is 3.37. The molecule has 28 heavy (non-hydrogen) atoms. The first kappa shape index (κ1) is 19.8. The Balaban J connectivity index is 1.64. The third kappa shape index (κ3) is 5.29. The SMILES string of the molecule is Cc1nc(S[C@H](C)c2ccccc2)[nH]c(=O)c1CC(=O)NCc1cccnc1. The average Bonchev–Trinajstić information content (AvgIpc) is 2.70. The average molecular weight is 395 g/mol. The van der Waals surface area contributed by atoms with E-state index in [1.165, 1.54) is 11.8 Å². The van der Waals surface area contributed by atoms with E-state index in [4.69, 9.17) is 0 Å². The topological polar surface area (TPSA) is 87.7 Å². The van der Waals surface area contributed by atoms with Gasteiger partial charge in [0.1, 0.15) is 0 Å². The molecule has 0 spiro atoms. The van der Waals surface area contributed by atoms with Crippen molar-refractivity contribution in [1.82, 2.24) is 20.3 Å². The highest BCUT2D eigenvalue weighted by atomic mass is 32.2. The van der Waals surface area contributed by atoms with Gasteiger partial charge >= 0.3 is 0 Å². The number of aromatic amines is 1. The Morgan fingerprint density at radius 2 is 2.00 bits per heavy atom. The van der Waals surface area contributed by atoms with Crippen molar-refractivity contribution in [2.75, 3.05) is 0 Å². The van der Waals surface area contributed by atoms with Crippen molar-refractivity contribution in [3.63, 3.8) is 0 Å². The van der Waals surface area contributed by atoms with E-state index >= 15 is 0 Å². The number of nitrogens with one attached hydrogen (secondary N) is 2. The summed E-state index contributed by atoms with van der Waals surface area (Å²) in [5.41, 5.74) is 2.75. The number of nitrogens with zero attached hydrogens (tertiary/aromatic N) is 2. The molecule has 0 saturated heterocycles. The Bertz CT molecular complexity index is 990. The monoisotopic (exact) mass is 394 g/mol. The maximum absolute atomic E-state index is 12.5. The normalized spacial score (nSPS) is 11.8. The lowest BCUT2D eigenvalue weighted by atomic mass is 10.1. The maximum Gasteiger partial charge on any atom is 0.255 e. The van der Waals surface area contributed by atoms with Gasteiger partial charge in [0.05, 0.1) is 6.42 Å². The van der Waals surface area contributed by atoms with E-state index in [9.17, 15) is 9.59 Å². The Morgan fingerprint density at radius 3 is 2.68 bits per heavy atom. The molecule has 144 valence electrons. The third-order valence-corrected chi connectivity index (χ3v) is 5.35. The second kappa shape index (κ2) is 9.32. The Morgan fingerprint density at radius 1 is 1.21 bits per heavy atom. The van der Waals surface area contributed by atoms with Gasteiger partial charge in [-0.2, -0.15) is 0 Å². The number of hydrogen-bond donors (Lipinski definition) is 2. The molecular weight excluding hydrogens is 372 g/mol. The number of hydrogen-bond acceptors (Lipinski definition) is 5. The molecule has 1 atom stereocenters. The van der Waals surface area contributed by atoms with Gasteiger partial charge in [-0.05, 0) is 31.0 Å². The molecule has 0 aliphatic rings. The summed E-state index contributed by atoms with van der Waals surface area (Å²) in [4.78, 5) is 36.0. The van der Waals surface area contributed by atoms with Gasteiger partial charge in [-0.25, -0.2) is 4.98 Å². The molecule has 2 aromatic heterocycles. The Labute approximate surface area is 167 Å². The van der Waals surface area contributed by atoms with Gasteiger partial charge < -0.3 is 10.3 Å². The van der Waals surface area contributed by atoms with E-state index in [1.54, 1.807) is 19.3 Å². The fourth-order valence-corrected chi connectivity index (χ4v) is 3.70. The molecule has 2 N–H and O–H groups in total. The van der Waals surface area contributed by atoms with Crippen molar-refractivity contribution in [3.8, 4) is 0 Å². The van der Waals surface area contributed by atoms with E-state index in [2.05, 4.69) is 27.2 Å². The van der Waals surface area contributed by atoms with Gasteiger partial charge in [0.15, 0.2) is 5.16 Å². The number of benzene rings is 1. The summed E-state index contributed by atoms with van der Waals surface area (Å²) in [6.45, 7) is 4.20. The molecule has 0 aliphatic carbocycles. The van der Waals surface area contributed by atoms with Crippen molar-refractivity contribution in [2.45, 2.75) is 37.2 Å². The smallest absolute Gasteiger partial charge is 0.255 e. The van der Waals surface area contributed by atoms with Crippen LogP contribution in [0.25, 0.3) is 0 Å². The van der Waals surface area contributed by atoms with Gasteiger partial charge in [-0.15, -0.1) is 0 Å². The number of carbonyl (C=O) groups is 1. The zero-order valence-corrected chi connectivity index (χ0v) is 16.6. The van der Waals surface area contributed by atoms with Crippen LogP contribution in [0.2, 0.25) is 0 Å². The predicted octanol–water partition coefficient (Wildman–Crippen LogP) is 3.19. The van der Waals surface area contributed by atoms with Gasteiger partial charge in [0.2, 0.25) is 5.91 Å². The molecule has 6 nitrogen and oxygen atoms in total. The molecule has 0 radical (unpaired) electrons. The number of pyridine rings is 1. The molecule has 0 fully saturated rings. The minimum Gasteiger partial charge on any atom is -0.352 e. The fraction of sp³-hybridized carbons (Fsp3) is 0.238. The van der Waals surface area contributed by atoms with Crippen LogP contribution in [0.5, 0.6) is 0 Å². The molecule has 7 heteroatoms. The summed E-state index contributed by atoms with van der Waals surface area (Å²) in [5.74, 6) is -0.225. The van der Waals surface area contributed by atoms with E-state index < -0.39 is 0 Å². The molecule has 0 bridgehead atoms. The zero-order valence-electron chi connectivity index (χ0n) is 15.8. The van der Waals surface area contributed by atoms with E-state index in [0.29, 0.717) is 23.0 Å². The number of rotatable bonds is 7. The number of aryl methyl sites for hydroxylation is 1. The predicted molar refractivity (Wildman–Crippen MR) is 110 cm³/mol. The van der Waals surface area contributed by atoms with E-state index in [0.717, 1.165) is 11.1 Å². The van der Waals surface area contributed by atoms with Crippen molar-refractivity contribution in [2.24, 2.45) is 0 Å². The molecule has 0 unspecified atom stereocenters. The number of aromatic nitrogens is 3. The van der Waals surface area contributed by atoms with Crippen LogP contribution in [0.1, 0.15) is 34.6 Å². The van der Waals surface area contributed by atoms with Gasteiger partial charge in [0, 0.05) is 35.4 Å². The molecule has 1 aromatic carbocycles. The summed E-state index contributed by atoms with van der Waals surface area (Å²) >= 11 is 1.49. The van der Waals surface area contributed by atoms with Crippen LogP contribution in [-0.4, -0.2) is 20.9 Å². The minimum absolute atomic E-state index is 0.00634. The first-order valence-corrected chi connectivity index (χ1v) is 9.88. The highest BCUT2D eigenvalue weighted by Crippen LogP contribution is 2.32. The second-order valence-corrected chi connectivity index (χ2v) is 7.75. The van der Waals surface area contributed by atoms with Crippen molar-refractivity contribution in [1.29, 1.82) is 0 Å². The molecule has 3 aromatic rings. The Hall–Kier alpha value is -2.93. The van der Waals surface area contributed by atoms with Crippen LogP contribution in [0.15, 0.2) is 64.8 Å². The first-order valence-electron chi connectivity index (χ1n) is 9.00. The van der Waals surface area contributed by atoms with Crippen LogP contribution in [0.4, 0.5) is 0 Å². The zero-order chi connectivity index (χ0) is 19.9. The lowest BCUT2D eigenvalue weighted by molar-refractivity contribution is -0.120. The standard InChI is InChI=1S/C21H22N4O2S/c1-14-18(11-19(26)23-13-16-7-6-10-22-12-16)20(27)25-21(24-14)28-15(2)17-8-4-3-5-9-17/h3-10,12,15H,11,13H2,1-2H3,(H,23,26)(H,24,25,27)/t15-/m1/s1. The van der Waals surface area contributed by atoms with Gasteiger partial charge in [-0.3, -0.25) is 14.6 Å². The number of thioether (sulfide) groups is 1. The summed E-state index contributed by atoms with van der Waals surface area (Å²) in [6, 6.07) is 13.7. The summed E-state index contributed by atoms with van der Waals surface area (Å²) in [7, 11) is 0. The third-order valence-electron chi connectivity index (χ3n) is 4.31. The summed E-state index contributed by atoms with van der Waals surface area (Å²) < 4.78 is 0. The highest BCUT2D eigenvalue weighted by molar-refractivity contribution is 7.99. The van der Waals surface area contributed by atoms with Crippen LogP contribution < -0.4 is 10.9 Å². The second-order valence-electron chi connectivity index (χ2n) is 6.42. The minimum atomic E-state index is -0.271. The molecule has 0 aliphatic heterocycles. The summed E-state index contributed by atoms with van der Waals surface area (Å²) in [5, 5.41) is 3.51. The molecule has 2 heterocycles. The van der Waals surface area contributed by atoms with E-state index in [1.807, 2.05) is 42.5 Å². The first-order chi connectivity index (χ1) is 13.5. The van der Waals surface area contributed by atoms with Crippen molar-refractivity contribution in [3.05, 3.63) is 87.6 Å². The molecule has 3 rings (SSSR count). The Kier molecular flexibility index (Phi) is 6.60. The van der Waals surface area contributed by atoms with Crippen LogP contribution >= 0.6 is 11.8 Å². The maximum atomic E-state index is 12.5. The quantitative estimate of drug-likeness (QED) is 0.475. The highest BCUT2D eigenvalue weighted by Gasteiger charge is 2.15. The van der Waals surface area contributed by atoms with Crippen LogP contribution in [-0.2, 0) is 17.8 Å². The van der Waals surface area contributed by atoms with Crippen molar-refractivity contribution < 1.29 is 4.79 Å². The molecular formula is C21H22N4O2S. The number of H-pyrrole nitrogens is 1. The fourth-order valence-electron chi connectivity index (χ4n) is 2.73. The lowest BCUT2D eigenvalue weighted by Gasteiger charge is -2.12. The molecule has 0 saturated carbocycles. The lowest BCUT2D eigenvalue weighted by Crippen LogP contribution is -2.28. The van der Waals surface area contributed by atoms with Gasteiger partial charge in [0.25, 0.3) is 5.56 Å². The molecule has 1 amide bonds. The van der Waals surface area contributed by atoms with Crippen LogP contribution in [0, 0.1) is 6.92 Å². The van der Waals surface area contributed by atoms with Crippen molar-refractivity contribution >= 4 is 17.7 Å². The number of amides is 1. The van der Waals surface area contributed by atoms with Crippen LogP contribution in [0.3, 0.4) is 0 Å². The largest absolute Gasteiger partial charge is 0.352 e. The van der Waals surface area contributed by atoms with E-state index in [-0.39, 0.29) is 23.1 Å². The van der Waals surface area contributed by atoms with Gasteiger partial charge in [-0.1, -0.05) is 48.2 Å².